The first-order chi connectivity index (χ1) is 13.6. The molecule has 1 atom stereocenters. The lowest BCUT2D eigenvalue weighted by Gasteiger charge is -2.36. The van der Waals surface area contributed by atoms with Crippen LogP contribution in [0.25, 0.3) is 0 Å². The molecule has 11 heteroatoms. The van der Waals surface area contributed by atoms with E-state index in [1.807, 2.05) is 0 Å². The van der Waals surface area contributed by atoms with Crippen LogP contribution in [0.1, 0.15) is 19.4 Å². The molecule has 0 bridgehead atoms. The molecule has 1 aliphatic rings. The number of carbonyl (C=O) groups excluding carboxylic acids is 1. The van der Waals surface area contributed by atoms with E-state index in [1.165, 1.54) is 0 Å². The van der Waals surface area contributed by atoms with Gasteiger partial charge in [0.2, 0.25) is 5.91 Å². The molecule has 1 fully saturated rings. The third-order valence-electron chi connectivity index (χ3n) is 4.63. The second kappa shape index (κ2) is 10.3. The van der Waals surface area contributed by atoms with Crippen LogP contribution in [-0.4, -0.2) is 60.4 Å². The predicted octanol–water partition coefficient (Wildman–Crippen LogP) is 3.18. The molecule has 0 aliphatic carbocycles. The predicted molar refractivity (Wildman–Crippen MR) is 103 cm³/mol. The zero-order valence-corrected chi connectivity index (χ0v) is 17.0. The minimum atomic E-state index is -4.67. The number of thioether (sulfide) groups is 1. The molecule has 1 aromatic rings. The number of hydrogen-bond acceptors (Lipinski definition) is 6. The molecule has 7 nitrogen and oxygen atoms in total. The van der Waals surface area contributed by atoms with Crippen LogP contribution in [0.4, 0.5) is 18.9 Å². The summed E-state index contributed by atoms with van der Waals surface area (Å²) in [6, 6.07) is 2.44. The van der Waals surface area contributed by atoms with Gasteiger partial charge in [0.1, 0.15) is 0 Å². The molecule has 1 aliphatic heterocycles. The second-order valence-corrected chi connectivity index (χ2v) is 8.01. The van der Waals surface area contributed by atoms with Gasteiger partial charge in [0.15, 0.2) is 0 Å². The van der Waals surface area contributed by atoms with Crippen molar-refractivity contribution >= 4 is 23.4 Å². The first kappa shape index (κ1) is 23.4. The Hall–Kier alpha value is -1.85. The number of nitrogens with zero attached hydrogens (tertiary/aromatic N) is 2. The summed E-state index contributed by atoms with van der Waals surface area (Å²) in [5.74, 6) is -0.153. The Morgan fingerprint density at radius 3 is 2.55 bits per heavy atom. The van der Waals surface area contributed by atoms with Crippen molar-refractivity contribution < 1.29 is 27.6 Å². The molecule has 0 radical (unpaired) electrons. The van der Waals surface area contributed by atoms with Crippen LogP contribution in [0.3, 0.4) is 0 Å². The van der Waals surface area contributed by atoms with E-state index in [-0.39, 0.29) is 22.6 Å². The summed E-state index contributed by atoms with van der Waals surface area (Å²) in [4.78, 5) is 24.7. The quantitative estimate of drug-likeness (QED) is 0.384. The Bertz CT molecular complexity index is 725. The summed E-state index contributed by atoms with van der Waals surface area (Å²) in [7, 11) is 0. The Morgan fingerprint density at radius 1 is 1.34 bits per heavy atom. The number of halogens is 3. The van der Waals surface area contributed by atoms with Gasteiger partial charge in [0, 0.05) is 31.7 Å². The van der Waals surface area contributed by atoms with E-state index in [1.54, 1.807) is 0 Å². The summed E-state index contributed by atoms with van der Waals surface area (Å²) in [6.07, 6.45) is -4.67. The van der Waals surface area contributed by atoms with Crippen molar-refractivity contribution in [2.75, 3.05) is 38.6 Å². The van der Waals surface area contributed by atoms with Crippen molar-refractivity contribution in [1.82, 2.24) is 10.2 Å². The van der Waals surface area contributed by atoms with E-state index in [4.69, 9.17) is 4.74 Å². The van der Waals surface area contributed by atoms with E-state index in [0.717, 1.165) is 37.0 Å². The third-order valence-corrected chi connectivity index (χ3v) is 5.70. The lowest BCUT2D eigenvalue weighted by atomic mass is 10.0. The molecule has 1 saturated heterocycles. The van der Waals surface area contributed by atoms with E-state index in [2.05, 4.69) is 24.1 Å². The van der Waals surface area contributed by atoms with E-state index >= 15 is 0 Å². The number of nitro benzene ring substituents is 1. The maximum Gasteiger partial charge on any atom is 0.416 e. The van der Waals surface area contributed by atoms with Gasteiger partial charge in [0.25, 0.3) is 5.69 Å². The Kier molecular flexibility index (Phi) is 8.29. The SMILES string of the molecule is CC(C)C(CNC(=O)CSc1ccc(C(F)(F)F)cc1[N+](=O)[O-])N1CCOCC1. The molecule has 1 aromatic carbocycles. The van der Waals surface area contributed by atoms with Crippen molar-refractivity contribution in [3.8, 4) is 0 Å². The van der Waals surface area contributed by atoms with Crippen molar-refractivity contribution in [3.63, 3.8) is 0 Å². The van der Waals surface area contributed by atoms with E-state index < -0.39 is 22.4 Å². The zero-order valence-electron chi connectivity index (χ0n) is 16.2. The number of rotatable bonds is 8. The molecule has 1 amide bonds. The van der Waals surface area contributed by atoms with Gasteiger partial charge in [-0.3, -0.25) is 19.8 Å². The summed E-state index contributed by atoms with van der Waals surface area (Å²) in [5.41, 5.74) is -1.76. The molecule has 2 rings (SSSR count). The van der Waals surface area contributed by atoms with Gasteiger partial charge in [-0.15, -0.1) is 11.8 Å². The molecule has 162 valence electrons. The summed E-state index contributed by atoms with van der Waals surface area (Å²) in [5, 5.41) is 13.9. The number of alkyl halides is 3. The molecule has 0 saturated carbocycles. The standard InChI is InChI=1S/C18H24F3N3O4S/c1-12(2)15(23-5-7-28-8-6-23)10-22-17(25)11-29-16-4-3-13(18(19,20)21)9-14(16)24(26)27/h3-4,9,12,15H,5-8,10-11H2,1-2H3,(H,22,25). The average molecular weight is 435 g/mol. The maximum atomic E-state index is 12.8. The fraction of sp³-hybridized carbons (Fsp3) is 0.611. The largest absolute Gasteiger partial charge is 0.416 e. The molecule has 1 unspecified atom stereocenters. The van der Waals surface area contributed by atoms with Gasteiger partial charge < -0.3 is 10.1 Å². The van der Waals surface area contributed by atoms with Gasteiger partial charge >= 0.3 is 6.18 Å². The number of amides is 1. The highest BCUT2D eigenvalue weighted by molar-refractivity contribution is 8.00. The van der Waals surface area contributed by atoms with Gasteiger partial charge in [-0.05, 0) is 18.1 Å². The second-order valence-electron chi connectivity index (χ2n) is 6.99. The van der Waals surface area contributed by atoms with Gasteiger partial charge in [-0.2, -0.15) is 13.2 Å². The number of carbonyl (C=O) groups is 1. The van der Waals surface area contributed by atoms with Crippen LogP contribution in [0.15, 0.2) is 23.1 Å². The highest BCUT2D eigenvalue weighted by Crippen LogP contribution is 2.36. The Labute approximate surface area is 171 Å². The fourth-order valence-electron chi connectivity index (χ4n) is 3.07. The minimum absolute atomic E-state index is 0.0201. The first-order valence-electron chi connectivity index (χ1n) is 9.16. The van der Waals surface area contributed by atoms with E-state index in [9.17, 15) is 28.1 Å². The van der Waals surface area contributed by atoms with Crippen molar-refractivity contribution in [3.05, 3.63) is 33.9 Å². The highest BCUT2D eigenvalue weighted by Gasteiger charge is 2.33. The molecular weight excluding hydrogens is 411 g/mol. The molecular formula is C18H24F3N3O4S. The fourth-order valence-corrected chi connectivity index (χ4v) is 3.90. The number of morpholine rings is 1. The Morgan fingerprint density at radius 2 is 2.00 bits per heavy atom. The summed E-state index contributed by atoms with van der Waals surface area (Å²) < 4.78 is 43.6. The summed E-state index contributed by atoms with van der Waals surface area (Å²) >= 11 is 0.844. The minimum Gasteiger partial charge on any atom is -0.379 e. The van der Waals surface area contributed by atoms with Crippen LogP contribution in [0.5, 0.6) is 0 Å². The number of hydrogen-bond donors (Lipinski definition) is 1. The lowest BCUT2D eigenvalue weighted by Crippen LogP contribution is -2.51. The number of ether oxygens (including phenoxy) is 1. The number of nitrogens with one attached hydrogen (secondary N) is 1. The van der Waals surface area contributed by atoms with Crippen LogP contribution in [0, 0.1) is 16.0 Å². The smallest absolute Gasteiger partial charge is 0.379 e. The molecule has 29 heavy (non-hydrogen) atoms. The third kappa shape index (κ3) is 6.86. The zero-order chi connectivity index (χ0) is 21.6. The number of nitro groups is 1. The van der Waals surface area contributed by atoms with Gasteiger partial charge in [-0.1, -0.05) is 13.8 Å². The maximum absolute atomic E-state index is 12.8. The Balaban J connectivity index is 1.95. The first-order valence-corrected chi connectivity index (χ1v) is 10.1. The monoisotopic (exact) mass is 435 g/mol. The molecule has 0 aromatic heterocycles. The van der Waals surface area contributed by atoms with Crippen molar-refractivity contribution in [2.45, 2.75) is 31.0 Å². The van der Waals surface area contributed by atoms with Gasteiger partial charge in [0.05, 0.1) is 34.3 Å². The van der Waals surface area contributed by atoms with Crippen molar-refractivity contribution in [1.29, 1.82) is 0 Å². The van der Waals surface area contributed by atoms with Crippen LogP contribution >= 0.6 is 11.8 Å². The van der Waals surface area contributed by atoms with Crippen LogP contribution in [-0.2, 0) is 15.7 Å². The van der Waals surface area contributed by atoms with Gasteiger partial charge in [-0.25, -0.2) is 0 Å². The number of benzene rings is 1. The van der Waals surface area contributed by atoms with Crippen molar-refractivity contribution in [2.24, 2.45) is 5.92 Å². The molecule has 1 N–H and O–H groups in total. The van der Waals surface area contributed by atoms with E-state index in [0.29, 0.717) is 31.7 Å². The molecule has 1 heterocycles. The topological polar surface area (TPSA) is 84.7 Å². The normalized spacial score (nSPS) is 16.6. The van der Waals surface area contributed by atoms with Crippen LogP contribution < -0.4 is 5.32 Å². The van der Waals surface area contributed by atoms with Crippen LogP contribution in [0.2, 0.25) is 0 Å². The highest BCUT2D eigenvalue weighted by atomic mass is 32.2. The molecule has 0 spiro atoms. The average Bonchev–Trinajstić information content (AvgIpc) is 2.66. The lowest BCUT2D eigenvalue weighted by molar-refractivity contribution is -0.388. The summed E-state index contributed by atoms with van der Waals surface area (Å²) in [6.45, 7) is 7.40.